The van der Waals surface area contributed by atoms with Crippen LogP contribution in [0.4, 0.5) is 0 Å². The fourth-order valence-electron chi connectivity index (χ4n) is 1.84. The molecule has 0 aliphatic heterocycles. The summed E-state index contributed by atoms with van der Waals surface area (Å²) in [5.74, 6) is 1.33. The molecule has 0 amide bonds. The number of hydrogen-bond acceptors (Lipinski definition) is 6. The summed E-state index contributed by atoms with van der Waals surface area (Å²) in [7, 11) is 1.65. The van der Waals surface area contributed by atoms with Crippen molar-refractivity contribution in [1.82, 2.24) is 19.8 Å². The third-order valence-corrected chi connectivity index (χ3v) is 4.27. The first-order valence-corrected chi connectivity index (χ1v) is 8.01. The Hall–Kier alpha value is -1.41. The molecule has 3 aromatic rings. The van der Waals surface area contributed by atoms with E-state index in [1.54, 1.807) is 29.8 Å². The number of ether oxygens (including phenoxy) is 2. The van der Waals surface area contributed by atoms with Gasteiger partial charge in [-0.1, -0.05) is 34.5 Å². The molecule has 2 heterocycles. The van der Waals surface area contributed by atoms with Gasteiger partial charge < -0.3 is 9.47 Å². The first kappa shape index (κ1) is 15.5. The fraction of sp³-hybridized carbons (Fsp3) is 0.308. The van der Waals surface area contributed by atoms with Crippen LogP contribution in [0.15, 0.2) is 18.2 Å². The van der Waals surface area contributed by atoms with E-state index in [2.05, 4.69) is 15.3 Å². The van der Waals surface area contributed by atoms with Crippen LogP contribution in [0.5, 0.6) is 5.75 Å². The lowest BCUT2D eigenvalue weighted by Crippen LogP contribution is -2.02. The minimum atomic E-state index is 0.305. The summed E-state index contributed by atoms with van der Waals surface area (Å²) >= 11 is 13.3. The second kappa shape index (κ2) is 6.78. The van der Waals surface area contributed by atoms with E-state index in [-0.39, 0.29) is 0 Å². The number of rotatable bonds is 6. The van der Waals surface area contributed by atoms with Crippen LogP contribution in [0.2, 0.25) is 10.0 Å². The Morgan fingerprint density at radius 1 is 1.27 bits per heavy atom. The van der Waals surface area contributed by atoms with E-state index >= 15 is 0 Å². The lowest BCUT2D eigenvalue weighted by atomic mass is 10.3. The van der Waals surface area contributed by atoms with Gasteiger partial charge in [-0.2, -0.15) is 9.61 Å². The summed E-state index contributed by atoms with van der Waals surface area (Å²) in [5.41, 5.74) is 0. The van der Waals surface area contributed by atoms with Crippen molar-refractivity contribution in [2.24, 2.45) is 0 Å². The van der Waals surface area contributed by atoms with Crippen LogP contribution in [-0.4, -0.2) is 33.5 Å². The summed E-state index contributed by atoms with van der Waals surface area (Å²) in [6.45, 7) is 0.879. The largest absolute Gasteiger partial charge is 0.485 e. The topological polar surface area (TPSA) is 61.5 Å². The third-order valence-electron chi connectivity index (χ3n) is 2.87. The van der Waals surface area contributed by atoms with Crippen molar-refractivity contribution < 1.29 is 9.47 Å². The quantitative estimate of drug-likeness (QED) is 0.676. The van der Waals surface area contributed by atoms with Crippen LogP contribution in [0.1, 0.15) is 10.8 Å². The highest BCUT2D eigenvalue weighted by Gasteiger charge is 2.12. The van der Waals surface area contributed by atoms with Crippen molar-refractivity contribution in [2.75, 3.05) is 13.7 Å². The molecule has 0 bridgehead atoms. The second-order valence-corrected chi connectivity index (χ2v) is 6.30. The van der Waals surface area contributed by atoms with Crippen molar-refractivity contribution >= 4 is 39.5 Å². The van der Waals surface area contributed by atoms with E-state index in [0.717, 1.165) is 15.8 Å². The van der Waals surface area contributed by atoms with Gasteiger partial charge in [0.1, 0.15) is 12.4 Å². The molecule has 0 aliphatic carbocycles. The zero-order chi connectivity index (χ0) is 15.5. The van der Waals surface area contributed by atoms with Gasteiger partial charge in [0.15, 0.2) is 10.8 Å². The van der Waals surface area contributed by atoms with Crippen molar-refractivity contribution in [3.63, 3.8) is 0 Å². The molecular formula is C13H12Cl2N4O2S. The monoisotopic (exact) mass is 358 g/mol. The molecule has 9 heteroatoms. The van der Waals surface area contributed by atoms with E-state index in [1.165, 1.54) is 11.3 Å². The summed E-state index contributed by atoms with van der Waals surface area (Å²) in [4.78, 5) is 0.729. The van der Waals surface area contributed by atoms with Crippen molar-refractivity contribution in [1.29, 1.82) is 0 Å². The molecule has 116 valence electrons. The van der Waals surface area contributed by atoms with Crippen molar-refractivity contribution in [3.05, 3.63) is 39.1 Å². The van der Waals surface area contributed by atoms with E-state index < -0.39 is 0 Å². The highest BCUT2D eigenvalue weighted by molar-refractivity contribution is 7.16. The number of benzene rings is 1. The first-order valence-electron chi connectivity index (χ1n) is 6.44. The smallest absolute Gasteiger partial charge is 0.234 e. The van der Waals surface area contributed by atoms with E-state index in [1.807, 2.05) is 0 Å². The van der Waals surface area contributed by atoms with E-state index in [9.17, 15) is 0 Å². The third kappa shape index (κ3) is 3.33. The molecule has 3 rings (SSSR count). The van der Waals surface area contributed by atoms with Gasteiger partial charge in [0, 0.05) is 18.6 Å². The number of fused-ring (bicyclic) bond motifs is 1. The number of methoxy groups -OCH3 is 1. The van der Waals surface area contributed by atoms with Crippen LogP contribution in [0.25, 0.3) is 4.96 Å². The van der Waals surface area contributed by atoms with Crippen molar-refractivity contribution in [3.8, 4) is 5.75 Å². The Morgan fingerprint density at radius 2 is 2.14 bits per heavy atom. The lowest BCUT2D eigenvalue weighted by Gasteiger charge is -2.05. The molecule has 0 saturated carbocycles. The van der Waals surface area contributed by atoms with Gasteiger partial charge in [0.2, 0.25) is 4.96 Å². The van der Waals surface area contributed by atoms with Crippen LogP contribution < -0.4 is 4.74 Å². The fourth-order valence-corrected chi connectivity index (χ4v) is 3.06. The summed E-state index contributed by atoms with van der Waals surface area (Å²) in [6, 6.07) is 5.10. The van der Waals surface area contributed by atoms with Gasteiger partial charge in [-0.05, 0) is 18.2 Å². The molecule has 2 aromatic heterocycles. The Labute approximate surface area is 140 Å². The predicted molar refractivity (Wildman–Crippen MR) is 85.0 cm³/mol. The van der Waals surface area contributed by atoms with Gasteiger partial charge in [0.05, 0.1) is 11.6 Å². The first-order chi connectivity index (χ1) is 10.7. The van der Waals surface area contributed by atoms with Gasteiger partial charge in [-0.3, -0.25) is 0 Å². The minimum Gasteiger partial charge on any atom is -0.485 e. The normalized spacial score (nSPS) is 11.2. The summed E-state index contributed by atoms with van der Waals surface area (Å²) < 4.78 is 12.4. The molecule has 1 aromatic carbocycles. The molecule has 0 fully saturated rings. The number of nitrogens with zero attached hydrogens (tertiary/aromatic N) is 4. The molecule has 22 heavy (non-hydrogen) atoms. The van der Waals surface area contributed by atoms with E-state index in [0.29, 0.717) is 35.4 Å². The molecule has 0 spiro atoms. The average molecular weight is 359 g/mol. The molecule has 0 saturated heterocycles. The molecule has 0 radical (unpaired) electrons. The van der Waals surface area contributed by atoms with Crippen LogP contribution in [0, 0.1) is 0 Å². The number of halogens is 2. The Bertz CT molecular complexity index is 790. The minimum absolute atomic E-state index is 0.305. The second-order valence-electron chi connectivity index (χ2n) is 4.41. The Kier molecular flexibility index (Phi) is 4.77. The highest BCUT2D eigenvalue weighted by atomic mass is 35.5. The van der Waals surface area contributed by atoms with Crippen LogP contribution in [-0.2, 0) is 17.8 Å². The Balaban J connectivity index is 1.72. The SMILES string of the molecule is COCCc1nnc2sc(COc3ccc(Cl)cc3Cl)nn12. The van der Waals surface area contributed by atoms with Gasteiger partial charge in [-0.25, -0.2) is 0 Å². The van der Waals surface area contributed by atoms with Gasteiger partial charge in [0.25, 0.3) is 0 Å². The molecule has 6 nitrogen and oxygen atoms in total. The molecule has 0 N–H and O–H groups in total. The molecule has 0 aliphatic rings. The number of aromatic nitrogens is 4. The predicted octanol–water partition coefficient (Wildman–Crippen LogP) is 3.26. The van der Waals surface area contributed by atoms with Crippen LogP contribution in [0.3, 0.4) is 0 Å². The summed E-state index contributed by atoms with van der Waals surface area (Å²) in [5, 5.41) is 14.4. The highest BCUT2D eigenvalue weighted by Crippen LogP contribution is 2.28. The maximum Gasteiger partial charge on any atom is 0.234 e. The summed E-state index contributed by atoms with van der Waals surface area (Å²) in [6.07, 6.45) is 0.657. The van der Waals surface area contributed by atoms with Gasteiger partial charge in [-0.15, -0.1) is 10.2 Å². The maximum absolute atomic E-state index is 6.07. The van der Waals surface area contributed by atoms with Gasteiger partial charge >= 0.3 is 0 Å². The number of hydrogen-bond donors (Lipinski definition) is 0. The zero-order valence-corrected chi connectivity index (χ0v) is 14.0. The molecule has 0 unspecified atom stereocenters. The zero-order valence-electron chi connectivity index (χ0n) is 11.6. The average Bonchev–Trinajstić information content (AvgIpc) is 3.04. The Morgan fingerprint density at radius 3 is 2.91 bits per heavy atom. The maximum atomic E-state index is 6.07. The van der Waals surface area contributed by atoms with E-state index in [4.69, 9.17) is 32.7 Å². The van der Waals surface area contributed by atoms with Crippen molar-refractivity contribution in [2.45, 2.75) is 13.0 Å². The standard InChI is InChI=1S/C13H12Cl2N4O2S/c1-20-5-4-11-16-17-13-19(11)18-12(22-13)7-21-10-3-2-8(14)6-9(10)15/h2-3,6H,4-5,7H2,1H3. The molecular weight excluding hydrogens is 347 g/mol. The van der Waals surface area contributed by atoms with Crippen LogP contribution >= 0.6 is 34.5 Å². The lowest BCUT2D eigenvalue weighted by molar-refractivity contribution is 0.200. The molecule has 0 atom stereocenters.